The molecule has 152 valence electrons. The van der Waals surface area contributed by atoms with E-state index in [1.165, 1.54) is 0 Å². The average molecular weight is 403 g/mol. The SMILES string of the molecule is NC(=O)O.NC(=O)O.NC(=O)O.NC(=O)O.NC(=O)O.O=P(O)(O)O. The molecule has 0 aromatic heterocycles. The van der Waals surface area contributed by atoms with Crippen LogP contribution in [0.25, 0.3) is 0 Å². The second kappa shape index (κ2) is 25.4. The summed E-state index contributed by atoms with van der Waals surface area (Å²) in [4.78, 5) is 65.5. The minimum absolute atomic E-state index is 1.33. The van der Waals surface area contributed by atoms with Crippen LogP contribution in [0.2, 0.25) is 0 Å². The van der Waals surface area contributed by atoms with Gasteiger partial charge in [-0.1, -0.05) is 0 Å². The van der Waals surface area contributed by atoms with Crippen molar-refractivity contribution < 1.29 is 68.8 Å². The molecule has 0 rings (SSSR count). The van der Waals surface area contributed by atoms with Crippen molar-refractivity contribution in [2.75, 3.05) is 0 Å². The standard InChI is InChI=1S/5CH3NO2.H3O4P/c5*2-1(3)4;1-5(2,3)4/h5*2H2,(H,3,4);(H3,1,2,3,4). The van der Waals surface area contributed by atoms with Gasteiger partial charge in [-0.25, -0.2) is 28.5 Å². The summed E-state index contributed by atoms with van der Waals surface area (Å²) in [6, 6.07) is 0. The molecule has 0 bridgehead atoms. The largest absolute Gasteiger partial charge is 0.466 e. The molecule has 0 fully saturated rings. The van der Waals surface area contributed by atoms with Crippen molar-refractivity contribution in [3.63, 3.8) is 0 Å². The molecule has 0 aliphatic rings. The molecule has 0 spiro atoms. The van der Waals surface area contributed by atoms with Crippen molar-refractivity contribution in [3.8, 4) is 0 Å². The Kier molecular flexibility index (Phi) is 38.2. The topological polar surface area (TPSA) is 394 Å². The second-order valence-electron chi connectivity index (χ2n) is 2.20. The first-order chi connectivity index (χ1) is 10.7. The summed E-state index contributed by atoms with van der Waals surface area (Å²) in [7, 11) is -4.64. The smallest absolute Gasteiger partial charge is 0.465 e. The van der Waals surface area contributed by atoms with Crippen LogP contribution < -0.4 is 28.7 Å². The number of amides is 5. The van der Waals surface area contributed by atoms with E-state index >= 15 is 0 Å². The summed E-state index contributed by atoms with van der Waals surface area (Å²) < 4.78 is 8.88. The molecule has 0 radical (unpaired) electrons. The Bertz CT molecular complexity index is 335. The molecule has 0 aliphatic carbocycles. The molecule has 25 heavy (non-hydrogen) atoms. The van der Waals surface area contributed by atoms with Crippen LogP contribution in [-0.2, 0) is 4.57 Å². The second-order valence-corrected chi connectivity index (χ2v) is 3.23. The zero-order valence-corrected chi connectivity index (χ0v) is 12.8. The molecule has 0 aromatic rings. The van der Waals surface area contributed by atoms with Gasteiger partial charge >= 0.3 is 38.3 Å². The van der Waals surface area contributed by atoms with Gasteiger partial charge in [0.25, 0.3) is 0 Å². The highest BCUT2D eigenvalue weighted by atomic mass is 31.2. The molecule has 0 unspecified atom stereocenters. The van der Waals surface area contributed by atoms with E-state index < -0.39 is 38.3 Å². The van der Waals surface area contributed by atoms with Gasteiger partial charge in [-0.3, -0.25) is 0 Å². The van der Waals surface area contributed by atoms with Crippen LogP contribution in [0.5, 0.6) is 0 Å². The molecule has 20 heteroatoms. The maximum Gasteiger partial charge on any atom is 0.466 e. The lowest BCUT2D eigenvalue weighted by Gasteiger charge is -1.82. The number of phosphoric acid groups is 1. The predicted octanol–water partition coefficient (Wildman–Crippen LogP) is -2.81. The van der Waals surface area contributed by atoms with Gasteiger partial charge in [-0.2, -0.15) is 0 Å². The number of carboxylic acid groups (broad SMARTS) is 5. The minimum Gasteiger partial charge on any atom is -0.465 e. The normalized spacial score (nSPS) is 7.16. The molecule has 0 heterocycles. The van der Waals surface area contributed by atoms with Gasteiger partial charge in [0.2, 0.25) is 0 Å². The fraction of sp³-hybridized carbons (Fsp3) is 0. The summed E-state index contributed by atoms with van der Waals surface area (Å²) in [5, 5.41) is 36.0. The fourth-order valence-electron chi connectivity index (χ4n) is 0. The molecule has 5 amide bonds. The first-order valence-electron chi connectivity index (χ1n) is 4.36. The Labute approximate surface area is 137 Å². The summed E-state index contributed by atoms with van der Waals surface area (Å²) in [6.07, 6.45) is -6.67. The molecule has 0 aromatic carbocycles. The lowest BCUT2D eigenvalue weighted by atomic mass is 11.3. The van der Waals surface area contributed by atoms with Crippen LogP contribution in [-0.4, -0.2) is 70.7 Å². The third-order valence-corrected chi connectivity index (χ3v) is 0. The molecule has 0 saturated carbocycles. The zero-order chi connectivity index (χ0) is 22.4. The number of rotatable bonds is 0. The minimum atomic E-state index is -4.64. The maximum absolute atomic E-state index is 8.88. The van der Waals surface area contributed by atoms with Gasteiger partial charge < -0.3 is 68.9 Å². The van der Waals surface area contributed by atoms with E-state index in [-0.39, 0.29) is 0 Å². The summed E-state index contributed by atoms with van der Waals surface area (Å²) in [5.41, 5.74) is 20.1. The number of hydrogen-bond acceptors (Lipinski definition) is 6. The van der Waals surface area contributed by atoms with Gasteiger partial charge in [0.15, 0.2) is 0 Å². The highest BCUT2D eigenvalue weighted by molar-refractivity contribution is 7.45. The quantitative estimate of drug-likeness (QED) is 0.181. The summed E-state index contributed by atoms with van der Waals surface area (Å²) in [5.74, 6) is 0. The third-order valence-electron chi connectivity index (χ3n) is 0. The van der Waals surface area contributed by atoms with Crippen LogP contribution in [0.4, 0.5) is 24.0 Å². The fourth-order valence-corrected chi connectivity index (χ4v) is 0. The summed E-state index contributed by atoms with van der Waals surface area (Å²) in [6.45, 7) is 0. The van der Waals surface area contributed by atoms with E-state index in [1.807, 2.05) is 0 Å². The van der Waals surface area contributed by atoms with Crippen molar-refractivity contribution in [3.05, 3.63) is 0 Å². The number of primary amides is 5. The van der Waals surface area contributed by atoms with Crippen LogP contribution >= 0.6 is 7.82 Å². The first kappa shape index (κ1) is 37.6. The van der Waals surface area contributed by atoms with Gasteiger partial charge in [-0.15, -0.1) is 0 Å². The van der Waals surface area contributed by atoms with Crippen molar-refractivity contribution >= 4 is 38.3 Å². The summed E-state index contributed by atoms with van der Waals surface area (Å²) >= 11 is 0. The van der Waals surface area contributed by atoms with Crippen molar-refractivity contribution in [1.29, 1.82) is 0 Å². The Morgan fingerprint density at radius 2 is 0.480 bits per heavy atom. The van der Waals surface area contributed by atoms with Gasteiger partial charge in [0.1, 0.15) is 0 Å². The Hall–Kier alpha value is -3.54. The number of hydrogen-bond donors (Lipinski definition) is 13. The zero-order valence-electron chi connectivity index (χ0n) is 11.9. The van der Waals surface area contributed by atoms with Crippen LogP contribution in [0.1, 0.15) is 0 Å². The van der Waals surface area contributed by atoms with Crippen molar-refractivity contribution in [2.45, 2.75) is 0 Å². The van der Waals surface area contributed by atoms with Crippen molar-refractivity contribution in [1.82, 2.24) is 0 Å². The van der Waals surface area contributed by atoms with Crippen LogP contribution in [0, 0.1) is 0 Å². The van der Waals surface area contributed by atoms with E-state index in [0.717, 1.165) is 0 Å². The third kappa shape index (κ3) is 556. The van der Waals surface area contributed by atoms with E-state index in [9.17, 15) is 0 Å². The molecule has 0 aliphatic heterocycles. The van der Waals surface area contributed by atoms with E-state index in [1.54, 1.807) is 0 Å². The molecule has 0 saturated heterocycles. The first-order valence-corrected chi connectivity index (χ1v) is 5.93. The molecule has 19 nitrogen and oxygen atoms in total. The Morgan fingerprint density at radius 1 is 0.480 bits per heavy atom. The lowest BCUT2D eigenvalue weighted by Crippen LogP contribution is -2.03. The number of nitrogens with two attached hydrogens (primary N) is 5. The van der Waals surface area contributed by atoms with Gasteiger partial charge in [-0.05, 0) is 0 Å². The van der Waals surface area contributed by atoms with Crippen molar-refractivity contribution in [2.24, 2.45) is 28.7 Å². The monoisotopic (exact) mass is 403 g/mol. The van der Waals surface area contributed by atoms with Gasteiger partial charge in [0.05, 0.1) is 0 Å². The van der Waals surface area contributed by atoms with Crippen LogP contribution in [0.15, 0.2) is 0 Å². The maximum atomic E-state index is 8.88. The van der Waals surface area contributed by atoms with Gasteiger partial charge in [0, 0.05) is 0 Å². The average Bonchev–Trinajstić information content (AvgIpc) is 2.06. The van der Waals surface area contributed by atoms with E-state index in [0.29, 0.717) is 0 Å². The number of carbonyl (C=O) groups is 5. The van der Waals surface area contributed by atoms with E-state index in [2.05, 4.69) is 28.7 Å². The predicted molar refractivity (Wildman–Crippen MR) is 75.3 cm³/mol. The van der Waals surface area contributed by atoms with E-state index in [4.69, 9.17) is 68.8 Å². The lowest BCUT2D eigenvalue weighted by molar-refractivity contribution is 0.204. The molecular weight excluding hydrogens is 385 g/mol. The Morgan fingerprint density at radius 3 is 0.480 bits per heavy atom. The highest BCUT2D eigenvalue weighted by Gasteiger charge is 2.00. The molecular formula is C5H18N5O14P. The molecule has 0 atom stereocenters. The Balaban J connectivity index is -0.0000000434. The molecule has 18 N–H and O–H groups in total. The highest BCUT2D eigenvalue weighted by Crippen LogP contribution is 2.25. The van der Waals surface area contributed by atoms with Crippen LogP contribution in [0.3, 0.4) is 0 Å².